The molecule has 2 rings (SSSR count). The van der Waals surface area contributed by atoms with Gasteiger partial charge in [0.15, 0.2) is 0 Å². The van der Waals surface area contributed by atoms with Crippen molar-refractivity contribution in [3.63, 3.8) is 0 Å². The summed E-state index contributed by atoms with van der Waals surface area (Å²) in [6.45, 7) is 13.0. The maximum Gasteiger partial charge on any atom is 0.136 e. The smallest absolute Gasteiger partial charge is 0.136 e. The van der Waals surface area contributed by atoms with Crippen LogP contribution in [0.3, 0.4) is 0 Å². The summed E-state index contributed by atoms with van der Waals surface area (Å²) in [5, 5.41) is 6.80. The van der Waals surface area contributed by atoms with Gasteiger partial charge in [-0.3, -0.25) is 0 Å². The highest BCUT2D eigenvalue weighted by Gasteiger charge is 2.28. The van der Waals surface area contributed by atoms with Crippen molar-refractivity contribution in [2.75, 3.05) is 23.7 Å². The van der Waals surface area contributed by atoms with E-state index in [0.717, 1.165) is 30.5 Å². The van der Waals surface area contributed by atoms with E-state index in [1.54, 1.807) is 0 Å². The minimum atomic E-state index is 0.253. The molecule has 2 N–H and O–H groups in total. The van der Waals surface area contributed by atoms with Gasteiger partial charge in [0.25, 0.3) is 0 Å². The zero-order chi connectivity index (χ0) is 14.8. The second-order valence-corrected chi connectivity index (χ2v) is 6.80. The van der Waals surface area contributed by atoms with Crippen LogP contribution in [0, 0.1) is 11.3 Å². The van der Waals surface area contributed by atoms with Gasteiger partial charge in [-0.05, 0) is 31.1 Å². The topological polar surface area (TPSA) is 49.8 Å². The van der Waals surface area contributed by atoms with E-state index < -0.39 is 0 Å². The number of nitrogens with zero attached hydrogens (tertiary/aromatic N) is 2. The summed E-state index contributed by atoms with van der Waals surface area (Å²) >= 11 is 0. The zero-order valence-electron chi connectivity index (χ0n) is 13.5. The molecule has 1 aliphatic carbocycles. The molecule has 0 aliphatic heterocycles. The highest BCUT2D eigenvalue weighted by atomic mass is 15.1. The molecule has 0 spiro atoms. The number of rotatable bonds is 7. The minimum Gasteiger partial charge on any atom is -0.370 e. The summed E-state index contributed by atoms with van der Waals surface area (Å²) in [7, 11) is 0. The van der Waals surface area contributed by atoms with Gasteiger partial charge in [0.2, 0.25) is 0 Å². The minimum absolute atomic E-state index is 0.253. The van der Waals surface area contributed by atoms with Crippen molar-refractivity contribution < 1.29 is 0 Å². The Bertz CT molecular complexity index is 450. The number of hydrogen-bond donors (Lipinski definition) is 2. The molecular formula is C16H28N4. The van der Waals surface area contributed by atoms with Crippen molar-refractivity contribution in [1.82, 2.24) is 9.97 Å². The molecular weight excluding hydrogens is 248 g/mol. The highest BCUT2D eigenvalue weighted by molar-refractivity contribution is 5.48. The molecule has 0 unspecified atom stereocenters. The molecule has 1 aliphatic rings. The fraction of sp³-hybridized carbons (Fsp3) is 0.750. The molecule has 4 nitrogen and oxygen atoms in total. The van der Waals surface area contributed by atoms with Gasteiger partial charge in [0.1, 0.15) is 17.5 Å². The molecule has 1 aromatic heterocycles. The lowest BCUT2D eigenvalue weighted by atomic mass is 9.81. The molecule has 20 heavy (non-hydrogen) atoms. The lowest BCUT2D eigenvalue weighted by molar-refractivity contribution is 0.269. The SMILES string of the molecule is CCNc1cc(NCC(C)(C)C(C)C)nc(C2CC2)n1. The van der Waals surface area contributed by atoms with Crippen LogP contribution in [0.2, 0.25) is 0 Å². The van der Waals surface area contributed by atoms with Crippen LogP contribution in [-0.4, -0.2) is 23.1 Å². The van der Waals surface area contributed by atoms with Crippen molar-refractivity contribution in [1.29, 1.82) is 0 Å². The van der Waals surface area contributed by atoms with E-state index in [1.807, 2.05) is 6.07 Å². The van der Waals surface area contributed by atoms with E-state index in [-0.39, 0.29) is 5.41 Å². The molecule has 4 heteroatoms. The number of nitrogens with one attached hydrogen (secondary N) is 2. The molecule has 1 heterocycles. The first-order valence-electron chi connectivity index (χ1n) is 7.79. The first-order chi connectivity index (χ1) is 9.42. The van der Waals surface area contributed by atoms with Gasteiger partial charge in [-0.1, -0.05) is 27.7 Å². The number of hydrogen-bond acceptors (Lipinski definition) is 4. The Kier molecular flexibility index (Phi) is 4.51. The first kappa shape index (κ1) is 15.1. The second-order valence-electron chi connectivity index (χ2n) is 6.80. The molecule has 1 fully saturated rings. The molecule has 0 bridgehead atoms. The lowest BCUT2D eigenvalue weighted by Gasteiger charge is -2.29. The van der Waals surface area contributed by atoms with E-state index >= 15 is 0 Å². The van der Waals surface area contributed by atoms with Crippen LogP contribution in [0.1, 0.15) is 59.2 Å². The van der Waals surface area contributed by atoms with Gasteiger partial charge in [0.05, 0.1) is 0 Å². The summed E-state index contributed by atoms with van der Waals surface area (Å²) < 4.78 is 0. The number of anilines is 2. The second kappa shape index (κ2) is 5.98. The van der Waals surface area contributed by atoms with Gasteiger partial charge in [-0.2, -0.15) is 0 Å². The van der Waals surface area contributed by atoms with Crippen LogP contribution in [0.25, 0.3) is 0 Å². The first-order valence-corrected chi connectivity index (χ1v) is 7.79. The molecule has 0 amide bonds. The van der Waals surface area contributed by atoms with E-state index in [2.05, 4.69) is 55.2 Å². The molecule has 0 aromatic carbocycles. The summed E-state index contributed by atoms with van der Waals surface area (Å²) in [6, 6.07) is 2.02. The third kappa shape index (κ3) is 3.84. The van der Waals surface area contributed by atoms with Gasteiger partial charge < -0.3 is 10.6 Å². The maximum absolute atomic E-state index is 4.68. The molecule has 1 saturated carbocycles. The van der Waals surface area contributed by atoms with E-state index in [0.29, 0.717) is 11.8 Å². The molecule has 0 atom stereocenters. The summed E-state index contributed by atoms with van der Waals surface area (Å²) in [4.78, 5) is 9.28. The Labute approximate surface area is 122 Å². The van der Waals surface area contributed by atoms with Crippen molar-refractivity contribution >= 4 is 11.6 Å². The Morgan fingerprint density at radius 2 is 1.80 bits per heavy atom. The Hall–Kier alpha value is -1.32. The monoisotopic (exact) mass is 276 g/mol. The predicted molar refractivity (Wildman–Crippen MR) is 85.3 cm³/mol. The van der Waals surface area contributed by atoms with Gasteiger partial charge in [0, 0.05) is 25.1 Å². The van der Waals surface area contributed by atoms with Crippen molar-refractivity contribution in [3.8, 4) is 0 Å². The fourth-order valence-electron chi connectivity index (χ4n) is 1.87. The standard InChI is InChI=1S/C16H28N4/c1-6-17-13-9-14(18-10-16(4,5)11(2)3)20-15(19-13)12-7-8-12/h9,11-12H,6-8,10H2,1-5H3,(H2,17,18,19,20). The molecule has 0 radical (unpaired) electrons. The quantitative estimate of drug-likeness (QED) is 0.793. The van der Waals surface area contributed by atoms with Gasteiger partial charge >= 0.3 is 0 Å². The third-order valence-corrected chi connectivity index (χ3v) is 4.33. The van der Waals surface area contributed by atoms with Gasteiger partial charge in [-0.15, -0.1) is 0 Å². The van der Waals surface area contributed by atoms with Crippen LogP contribution in [-0.2, 0) is 0 Å². The van der Waals surface area contributed by atoms with Crippen molar-refractivity contribution in [3.05, 3.63) is 11.9 Å². The van der Waals surface area contributed by atoms with Crippen LogP contribution >= 0.6 is 0 Å². The van der Waals surface area contributed by atoms with Crippen molar-refractivity contribution in [2.24, 2.45) is 11.3 Å². The lowest BCUT2D eigenvalue weighted by Crippen LogP contribution is -2.29. The molecule has 112 valence electrons. The summed E-state index contributed by atoms with van der Waals surface area (Å²) in [5.41, 5.74) is 0.253. The molecule has 1 aromatic rings. The van der Waals surface area contributed by atoms with Crippen LogP contribution < -0.4 is 10.6 Å². The van der Waals surface area contributed by atoms with Crippen molar-refractivity contribution in [2.45, 2.75) is 53.4 Å². The van der Waals surface area contributed by atoms with Gasteiger partial charge in [-0.25, -0.2) is 9.97 Å². The third-order valence-electron chi connectivity index (χ3n) is 4.33. The Morgan fingerprint density at radius 3 is 2.30 bits per heavy atom. The zero-order valence-corrected chi connectivity index (χ0v) is 13.5. The van der Waals surface area contributed by atoms with E-state index in [9.17, 15) is 0 Å². The average molecular weight is 276 g/mol. The maximum atomic E-state index is 4.68. The average Bonchev–Trinajstić information content (AvgIpc) is 3.21. The Balaban J connectivity index is 2.10. The van der Waals surface area contributed by atoms with Crippen LogP contribution in [0.15, 0.2) is 6.07 Å². The molecule has 0 saturated heterocycles. The largest absolute Gasteiger partial charge is 0.370 e. The highest BCUT2D eigenvalue weighted by Crippen LogP contribution is 2.39. The predicted octanol–water partition coefficient (Wildman–Crippen LogP) is 3.88. The van der Waals surface area contributed by atoms with E-state index in [4.69, 9.17) is 0 Å². The summed E-state index contributed by atoms with van der Waals surface area (Å²) in [6.07, 6.45) is 2.46. The summed E-state index contributed by atoms with van der Waals surface area (Å²) in [5.74, 6) is 4.09. The van der Waals surface area contributed by atoms with Crippen LogP contribution in [0.5, 0.6) is 0 Å². The Morgan fingerprint density at radius 1 is 1.20 bits per heavy atom. The van der Waals surface area contributed by atoms with E-state index in [1.165, 1.54) is 12.8 Å². The normalized spacial score (nSPS) is 15.5. The fourth-order valence-corrected chi connectivity index (χ4v) is 1.87. The number of aromatic nitrogens is 2. The van der Waals surface area contributed by atoms with Crippen LogP contribution in [0.4, 0.5) is 11.6 Å².